The molecule has 0 spiro atoms. The van der Waals surface area contributed by atoms with Crippen LogP contribution in [-0.4, -0.2) is 0 Å². The van der Waals surface area contributed by atoms with Crippen LogP contribution in [-0.2, 0) is 5.41 Å². The highest BCUT2D eigenvalue weighted by Crippen LogP contribution is 2.54. The molecule has 2 unspecified atom stereocenters. The van der Waals surface area contributed by atoms with Crippen LogP contribution >= 0.6 is 0 Å². The number of halogens is 2. The van der Waals surface area contributed by atoms with Gasteiger partial charge in [-0.15, -0.1) is 0 Å². The number of hydrogen-bond acceptors (Lipinski definition) is 1. The SMILES string of the molecule is CC1CC1(C#N)c1cc(F)ccc1F. The van der Waals surface area contributed by atoms with E-state index in [1.54, 1.807) is 0 Å². The minimum absolute atomic E-state index is 0.115. The Hall–Kier alpha value is -1.43. The average molecular weight is 193 g/mol. The fourth-order valence-electron chi connectivity index (χ4n) is 1.85. The van der Waals surface area contributed by atoms with Crippen molar-refractivity contribution in [2.75, 3.05) is 0 Å². The molecule has 0 N–H and O–H groups in total. The molecule has 1 nitrogen and oxygen atoms in total. The van der Waals surface area contributed by atoms with E-state index in [4.69, 9.17) is 5.26 Å². The molecule has 1 aliphatic rings. The lowest BCUT2D eigenvalue weighted by atomic mass is 9.94. The van der Waals surface area contributed by atoms with Gasteiger partial charge in [0.15, 0.2) is 0 Å². The molecule has 0 saturated heterocycles. The normalized spacial score (nSPS) is 29.7. The van der Waals surface area contributed by atoms with E-state index in [0.717, 1.165) is 18.2 Å². The smallest absolute Gasteiger partial charge is 0.128 e. The molecule has 0 amide bonds. The quantitative estimate of drug-likeness (QED) is 0.672. The Bertz CT molecular complexity index is 422. The lowest BCUT2D eigenvalue weighted by Crippen LogP contribution is -2.09. The number of benzene rings is 1. The molecule has 72 valence electrons. The average Bonchev–Trinajstić information content (AvgIpc) is 2.82. The van der Waals surface area contributed by atoms with Crippen LogP contribution in [0.3, 0.4) is 0 Å². The van der Waals surface area contributed by atoms with Crippen molar-refractivity contribution >= 4 is 0 Å². The molecule has 1 saturated carbocycles. The van der Waals surface area contributed by atoms with Crippen molar-refractivity contribution < 1.29 is 8.78 Å². The topological polar surface area (TPSA) is 23.8 Å². The Labute approximate surface area is 81.0 Å². The van der Waals surface area contributed by atoms with Gasteiger partial charge in [-0.1, -0.05) is 6.92 Å². The van der Waals surface area contributed by atoms with Crippen LogP contribution in [0.4, 0.5) is 8.78 Å². The van der Waals surface area contributed by atoms with Gasteiger partial charge in [0, 0.05) is 5.56 Å². The summed E-state index contributed by atoms with van der Waals surface area (Å²) in [7, 11) is 0. The van der Waals surface area contributed by atoms with Crippen molar-refractivity contribution in [1.82, 2.24) is 0 Å². The number of nitrogens with zero attached hydrogens (tertiary/aromatic N) is 1. The molecule has 0 bridgehead atoms. The minimum Gasteiger partial charge on any atom is -0.207 e. The van der Waals surface area contributed by atoms with E-state index >= 15 is 0 Å². The first-order valence-corrected chi connectivity index (χ1v) is 4.47. The molecule has 0 radical (unpaired) electrons. The molecule has 1 aliphatic carbocycles. The maximum Gasteiger partial charge on any atom is 0.128 e. The summed E-state index contributed by atoms with van der Waals surface area (Å²) in [5, 5.41) is 8.96. The second kappa shape index (κ2) is 2.78. The summed E-state index contributed by atoms with van der Waals surface area (Å²) in [4.78, 5) is 0. The van der Waals surface area contributed by atoms with Gasteiger partial charge >= 0.3 is 0 Å². The molecule has 2 atom stereocenters. The lowest BCUT2D eigenvalue weighted by Gasteiger charge is -2.08. The zero-order chi connectivity index (χ0) is 10.3. The predicted molar refractivity (Wildman–Crippen MR) is 47.4 cm³/mol. The highest BCUT2D eigenvalue weighted by molar-refractivity contribution is 5.41. The molecule has 1 aromatic rings. The number of hydrogen-bond donors (Lipinski definition) is 0. The number of rotatable bonds is 1. The Balaban J connectivity index is 2.52. The van der Waals surface area contributed by atoms with E-state index in [9.17, 15) is 8.78 Å². The third-order valence-corrected chi connectivity index (χ3v) is 2.92. The van der Waals surface area contributed by atoms with Crippen LogP contribution in [0.15, 0.2) is 18.2 Å². The van der Waals surface area contributed by atoms with Gasteiger partial charge < -0.3 is 0 Å². The van der Waals surface area contributed by atoms with Crippen molar-refractivity contribution in [2.24, 2.45) is 5.92 Å². The first-order chi connectivity index (χ1) is 6.60. The second-order valence-corrected chi connectivity index (χ2v) is 3.81. The van der Waals surface area contributed by atoms with Crippen molar-refractivity contribution in [1.29, 1.82) is 5.26 Å². The minimum atomic E-state index is -0.786. The van der Waals surface area contributed by atoms with E-state index in [1.807, 2.05) is 6.92 Å². The van der Waals surface area contributed by atoms with Crippen molar-refractivity contribution in [3.63, 3.8) is 0 Å². The summed E-state index contributed by atoms with van der Waals surface area (Å²) in [6, 6.07) is 5.35. The fraction of sp³-hybridized carbons (Fsp3) is 0.364. The second-order valence-electron chi connectivity index (χ2n) is 3.81. The van der Waals surface area contributed by atoms with Gasteiger partial charge in [-0.2, -0.15) is 5.26 Å². The largest absolute Gasteiger partial charge is 0.207 e. The first kappa shape index (κ1) is 9.14. The fourth-order valence-corrected chi connectivity index (χ4v) is 1.85. The number of nitriles is 1. The standard InChI is InChI=1S/C11H9F2N/c1-7-5-11(7,6-14)9-4-8(12)2-3-10(9)13/h2-4,7H,5H2,1H3. The highest BCUT2D eigenvalue weighted by atomic mass is 19.1. The first-order valence-electron chi connectivity index (χ1n) is 4.47. The molecule has 0 aliphatic heterocycles. The molecule has 2 rings (SSSR count). The summed E-state index contributed by atoms with van der Waals surface area (Å²) in [6.45, 7) is 1.87. The zero-order valence-corrected chi connectivity index (χ0v) is 7.72. The van der Waals surface area contributed by atoms with Crippen LogP contribution < -0.4 is 0 Å². The van der Waals surface area contributed by atoms with E-state index in [0.29, 0.717) is 6.42 Å². The van der Waals surface area contributed by atoms with E-state index in [1.165, 1.54) is 0 Å². The predicted octanol–water partition coefficient (Wildman–Crippen LogP) is 2.77. The van der Waals surface area contributed by atoms with Gasteiger partial charge in [-0.3, -0.25) is 0 Å². The van der Waals surface area contributed by atoms with Gasteiger partial charge in [0.05, 0.1) is 11.5 Å². The van der Waals surface area contributed by atoms with Crippen molar-refractivity contribution in [3.05, 3.63) is 35.4 Å². The Kier molecular flexibility index (Phi) is 1.81. The Morgan fingerprint density at radius 1 is 1.50 bits per heavy atom. The van der Waals surface area contributed by atoms with Crippen LogP contribution in [0.5, 0.6) is 0 Å². The molecule has 3 heteroatoms. The highest BCUT2D eigenvalue weighted by Gasteiger charge is 2.54. The van der Waals surface area contributed by atoms with Gasteiger partial charge in [-0.25, -0.2) is 8.78 Å². The van der Waals surface area contributed by atoms with E-state index < -0.39 is 17.0 Å². The monoisotopic (exact) mass is 193 g/mol. The molecular weight excluding hydrogens is 184 g/mol. The lowest BCUT2D eigenvalue weighted by molar-refractivity contribution is 0.570. The van der Waals surface area contributed by atoms with Crippen LogP contribution in [0.2, 0.25) is 0 Å². The maximum absolute atomic E-state index is 13.3. The molecule has 14 heavy (non-hydrogen) atoms. The van der Waals surface area contributed by atoms with E-state index in [-0.39, 0.29) is 11.5 Å². The molecule has 0 heterocycles. The summed E-state index contributed by atoms with van der Waals surface area (Å²) in [6.07, 6.45) is 0.615. The van der Waals surface area contributed by atoms with Crippen molar-refractivity contribution in [3.8, 4) is 6.07 Å². The van der Waals surface area contributed by atoms with Gasteiger partial charge in [0.1, 0.15) is 11.6 Å². The third kappa shape index (κ3) is 1.11. The van der Waals surface area contributed by atoms with E-state index in [2.05, 4.69) is 6.07 Å². The third-order valence-electron chi connectivity index (χ3n) is 2.92. The van der Waals surface area contributed by atoms with Gasteiger partial charge in [0.2, 0.25) is 0 Å². The van der Waals surface area contributed by atoms with Crippen LogP contribution in [0, 0.1) is 28.9 Å². The maximum atomic E-state index is 13.3. The summed E-state index contributed by atoms with van der Waals surface area (Å²) < 4.78 is 26.2. The zero-order valence-electron chi connectivity index (χ0n) is 7.72. The summed E-state index contributed by atoms with van der Waals surface area (Å²) in [5.41, 5.74) is -0.584. The van der Waals surface area contributed by atoms with Gasteiger partial charge in [-0.05, 0) is 30.5 Å². The van der Waals surface area contributed by atoms with Crippen LogP contribution in [0.25, 0.3) is 0 Å². The Morgan fingerprint density at radius 3 is 2.64 bits per heavy atom. The van der Waals surface area contributed by atoms with Crippen molar-refractivity contribution in [2.45, 2.75) is 18.8 Å². The van der Waals surface area contributed by atoms with Gasteiger partial charge in [0.25, 0.3) is 0 Å². The summed E-state index contributed by atoms with van der Waals surface area (Å²) in [5.74, 6) is -0.865. The molecule has 0 aromatic heterocycles. The molecule has 1 aromatic carbocycles. The van der Waals surface area contributed by atoms with Crippen LogP contribution in [0.1, 0.15) is 18.9 Å². The Morgan fingerprint density at radius 2 is 2.14 bits per heavy atom. The molecule has 1 fully saturated rings. The summed E-state index contributed by atoms with van der Waals surface area (Å²) >= 11 is 0. The molecular formula is C11H9F2N.